The van der Waals surface area contributed by atoms with E-state index < -0.39 is 11.0 Å². The topological polar surface area (TPSA) is 70.1 Å². The van der Waals surface area contributed by atoms with Crippen LogP contribution in [0.5, 0.6) is 5.88 Å². The minimum atomic E-state index is -1.51. The van der Waals surface area contributed by atoms with E-state index in [0.29, 0.717) is 23.3 Å². The Kier molecular flexibility index (Phi) is 2.09. The molecule has 0 saturated carbocycles. The number of rotatable bonds is 1. The van der Waals surface area contributed by atoms with E-state index in [2.05, 4.69) is 12.0 Å². The van der Waals surface area contributed by atoms with Gasteiger partial charge < -0.3 is 4.74 Å². The summed E-state index contributed by atoms with van der Waals surface area (Å²) < 4.78 is 18.1. The molecule has 0 radical (unpaired) electrons. The maximum Gasteiger partial charge on any atom is 0.229 e. The Hall–Kier alpha value is -0.880. The van der Waals surface area contributed by atoms with Crippen LogP contribution < -0.4 is 9.88 Å². The Morgan fingerprint density at radius 2 is 2.62 bits per heavy atom. The predicted octanol–water partition coefficient (Wildman–Crippen LogP) is -0.107. The average molecular weight is 201 g/mol. The summed E-state index contributed by atoms with van der Waals surface area (Å²) in [6, 6.07) is 0. The monoisotopic (exact) mass is 201 g/mol. The molecule has 0 aliphatic carbocycles. The summed E-state index contributed by atoms with van der Waals surface area (Å²) in [6.07, 6.45) is 1.50. The fraction of sp³-hybridized carbons (Fsp3) is 0.571. The number of hydrogen-bond donors (Lipinski definition) is 1. The number of fused-ring (bicyclic) bond motifs is 1. The summed E-state index contributed by atoms with van der Waals surface area (Å²) in [5, 5.41) is 9.30. The van der Waals surface area contributed by atoms with Gasteiger partial charge in [-0.1, -0.05) is 6.92 Å². The van der Waals surface area contributed by atoms with Gasteiger partial charge in [0.25, 0.3) is 0 Å². The van der Waals surface area contributed by atoms with Gasteiger partial charge in [0, 0.05) is 5.92 Å². The zero-order chi connectivity index (χ0) is 9.42. The third kappa shape index (κ3) is 1.47. The SMILES string of the molecule is CC1COc2c(S(N)=O)cnn2C1. The first kappa shape index (κ1) is 8.71. The van der Waals surface area contributed by atoms with Gasteiger partial charge in [0.1, 0.15) is 15.9 Å². The molecule has 6 heteroatoms. The standard InChI is InChI=1S/C7H11N3O2S/c1-5-3-10-7(12-4-5)6(2-9-10)13(8)11/h2,5H,3-4,8H2,1H3. The van der Waals surface area contributed by atoms with Crippen LogP contribution in [0.1, 0.15) is 6.92 Å². The van der Waals surface area contributed by atoms with Crippen molar-refractivity contribution in [1.82, 2.24) is 9.78 Å². The maximum absolute atomic E-state index is 11.0. The number of nitrogens with zero attached hydrogens (tertiary/aromatic N) is 2. The van der Waals surface area contributed by atoms with E-state index in [4.69, 9.17) is 9.88 Å². The zero-order valence-corrected chi connectivity index (χ0v) is 8.08. The van der Waals surface area contributed by atoms with E-state index in [1.807, 2.05) is 0 Å². The highest BCUT2D eigenvalue weighted by Crippen LogP contribution is 2.25. The molecular weight excluding hydrogens is 190 g/mol. The molecule has 0 fully saturated rings. The first-order valence-electron chi connectivity index (χ1n) is 4.03. The zero-order valence-electron chi connectivity index (χ0n) is 7.27. The fourth-order valence-electron chi connectivity index (χ4n) is 1.34. The first-order valence-corrected chi connectivity index (χ1v) is 5.24. The molecule has 13 heavy (non-hydrogen) atoms. The first-order chi connectivity index (χ1) is 6.18. The molecule has 2 heterocycles. The van der Waals surface area contributed by atoms with E-state index in [1.54, 1.807) is 4.68 Å². The van der Waals surface area contributed by atoms with Gasteiger partial charge in [-0.2, -0.15) is 5.10 Å². The average Bonchev–Trinajstić information content (AvgIpc) is 2.46. The van der Waals surface area contributed by atoms with Crippen molar-refractivity contribution in [3.8, 4) is 5.88 Å². The maximum atomic E-state index is 11.0. The third-order valence-electron chi connectivity index (χ3n) is 1.97. The van der Waals surface area contributed by atoms with Crippen molar-refractivity contribution < 1.29 is 8.95 Å². The van der Waals surface area contributed by atoms with Crippen LogP contribution in [0, 0.1) is 5.92 Å². The van der Waals surface area contributed by atoms with E-state index in [0.717, 1.165) is 6.54 Å². The summed E-state index contributed by atoms with van der Waals surface area (Å²) >= 11 is 0. The molecule has 1 aromatic heterocycles. The predicted molar refractivity (Wildman–Crippen MR) is 47.5 cm³/mol. The van der Waals surface area contributed by atoms with E-state index in [9.17, 15) is 4.21 Å². The van der Waals surface area contributed by atoms with Crippen LogP contribution in [0.4, 0.5) is 0 Å². The van der Waals surface area contributed by atoms with Gasteiger partial charge in [0.2, 0.25) is 5.88 Å². The van der Waals surface area contributed by atoms with Crippen molar-refractivity contribution >= 4 is 11.0 Å². The van der Waals surface area contributed by atoms with Crippen LogP contribution in [0.3, 0.4) is 0 Å². The Morgan fingerprint density at radius 3 is 3.31 bits per heavy atom. The van der Waals surface area contributed by atoms with Crippen LogP contribution in [-0.4, -0.2) is 20.6 Å². The molecule has 2 atom stereocenters. The minimum Gasteiger partial charge on any atom is -0.477 e. The second-order valence-corrected chi connectivity index (χ2v) is 4.24. The molecule has 1 aliphatic rings. The highest BCUT2D eigenvalue weighted by molar-refractivity contribution is 7.82. The lowest BCUT2D eigenvalue weighted by molar-refractivity contribution is 0.171. The lowest BCUT2D eigenvalue weighted by atomic mass is 10.2. The lowest BCUT2D eigenvalue weighted by Gasteiger charge is -2.21. The molecule has 5 nitrogen and oxygen atoms in total. The van der Waals surface area contributed by atoms with Gasteiger partial charge in [0.05, 0.1) is 19.3 Å². The molecule has 0 saturated heterocycles. The van der Waals surface area contributed by atoms with Crippen LogP contribution >= 0.6 is 0 Å². The second kappa shape index (κ2) is 3.12. The van der Waals surface area contributed by atoms with Gasteiger partial charge in [-0.25, -0.2) is 14.0 Å². The molecule has 2 rings (SSSR count). The molecule has 2 N–H and O–H groups in total. The highest BCUT2D eigenvalue weighted by atomic mass is 32.2. The summed E-state index contributed by atoms with van der Waals surface area (Å²) in [5.74, 6) is 0.991. The van der Waals surface area contributed by atoms with Crippen molar-refractivity contribution in [2.75, 3.05) is 6.61 Å². The Labute approximate surface area is 78.5 Å². The highest BCUT2D eigenvalue weighted by Gasteiger charge is 2.22. The summed E-state index contributed by atoms with van der Waals surface area (Å²) in [7, 11) is -1.51. The second-order valence-electron chi connectivity index (χ2n) is 3.21. The van der Waals surface area contributed by atoms with Crippen LogP contribution in [0.25, 0.3) is 0 Å². The van der Waals surface area contributed by atoms with E-state index in [1.165, 1.54) is 6.20 Å². The molecule has 1 aliphatic heterocycles. The molecule has 0 bridgehead atoms. The number of hydrogen-bond acceptors (Lipinski definition) is 3. The molecule has 2 unspecified atom stereocenters. The number of nitrogens with two attached hydrogens (primary N) is 1. The van der Waals surface area contributed by atoms with Crippen LogP contribution in [0.15, 0.2) is 11.1 Å². The Balaban J connectivity index is 2.39. The molecule has 0 spiro atoms. The van der Waals surface area contributed by atoms with Gasteiger partial charge in [-0.15, -0.1) is 0 Å². The van der Waals surface area contributed by atoms with Crippen molar-refractivity contribution in [2.45, 2.75) is 18.4 Å². The normalized spacial score (nSPS) is 23.4. The van der Waals surface area contributed by atoms with Gasteiger partial charge >= 0.3 is 0 Å². The Bertz CT molecular complexity index is 350. The third-order valence-corrected chi connectivity index (χ3v) is 2.68. The summed E-state index contributed by atoms with van der Waals surface area (Å²) in [5.41, 5.74) is 0. The van der Waals surface area contributed by atoms with Crippen molar-refractivity contribution in [2.24, 2.45) is 11.1 Å². The van der Waals surface area contributed by atoms with Crippen molar-refractivity contribution in [1.29, 1.82) is 0 Å². The van der Waals surface area contributed by atoms with Crippen LogP contribution in [-0.2, 0) is 17.5 Å². The van der Waals surface area contributed by atoms with E-state index in [-0.39, 0.29) is 0 Å². The number of ether oxygens (including phenoxy) is 1. The van der Waals surface area contributed by atoms with Gasteiger partial charge in [-0.05, 0) is 0 Å². The van der Waals surface area contributed by atoms with Crippen molar-refractivity contribution in [3.05, 3.63) is 6.20 Å². The largest absolute Gasteiger partial charge is 0.477 e. The molecule has 1 aromatic rings. The summed E-state index contributed by atoms with van der Waals surface area (Å²) in [4.78, 5) is 0.479. The van der Waals surface area contributed by atoms with Crippen LogP contribution in [0.2, 0.25) is 0 Å². The van der Waals surface area contributed by atoms with Gasteiger partial charge in [-0.3, -0.25) is 0 Å². The molecule has 0 aromatic carbocycles. The van der Waals surface area contributed by atoms with Crippen molar-refractivity contribution in [3.63, 3.8) is 0 Å². The quantitative estimate of drug-likeness (QED) is 0.689. The number of aromatic nitrogens is 2. The molecular formula is C7H11N3O2S. The smallest absolute Gasteiger partial charge is 0.229 e. The lowest BCUT2D eigenvalue weighted by Crippen LogP contribution is -2.24. The molecule has 72 valence electrons. The summed E-state index contributed by atoms with van der Waals surface area (Å²) in [6.45, 7) is 3.51. The molecule has 0 amide bonds. The van der Waals surface area contributed by atoms with E-state index >= 15 is 0 Å². The minimum absolute atomic E-state index is 0.437. The van der Waals surface area contributed by atoms with Gasteiger partial charge in [0.15, 0.2) is 0 Å². The Morgan fingerprint density at radius 1 is 1.85 bits per heavy atom. The fourth-order valence-corrected chi connectivity index (χ4v) is 1.83.